The second-order valence-corrected chi connectivity index (χ2v) is 9.43. The molecule has 4 nitrogen and oxygen atoms in total. The van der Waals surface area contributed by atoms with Gasteiger partial charge in [-0.25, -0.2) is 0 Å². The minimum atomic E-state index is -2.66. The Bertz CT molecular complexity index is 453. The topological polar surface area (TPSA) is 30.9 Å². The second-order valence-electron chi connectivity index (χ2n) is 6.60. The molecule has 1 saturated heterocycles. The van der Waals surface area contributed by atoms with Crippen molar-refractivity contribution in [3.05, 3.63) is 35.9 Å². The molecule has 0 spiro atoms. The van der Waals surface area contributed by atoms with Crippen molar-refractivity contribution < 1.29 is 13.3 Å². The number of piperidine rings is 1. The molecule has 0 N–H and O–H groups in total. The minimum Gasteiger partial charge on any atom is -0.377 e. The number of hydrogen-bond donors (Lipinski definition) is 0. The lowest BCUT2D eigenvalue weighted by molar-refractivity contribution is 0.0432. The summed E-state index contributed by atoms with van der Waals surface area (Å²) < 4.78 is 17.9. The van der Waals surface area contributed by atoms with Crippen LogP contribution in [0.15, 0.2) is 30.3 Å². The molecule has 1 atom stereocenters. The summed E-state index contributed by atoms with van der Waals surface area (Å²) in [7, 11) is 0.778. The quantitative estimate of drug-likeness (QED) is 0.602. The second kappa shape index (κ2) is 10.3. The number of rotatable bonds is 10. The van der Waals surface area contributed by atoms with E-state index in [9.17, 15) is 0 Å². The Balaban J connectivity index is 1.96. The highest BCUT2D eigenvalue weighted by atomic mass is 28.4. The first kappa shape index (κ1) is 19.6. The summed E-state index contributed by atoms with van der Waals surface area (Å²) in [5.74, 6) is 0. The largest absolute Gasteiger partial charge is 0.505 e. The van der Waals surface area contributed by atoms with Crippen LogP contribution in [0.3, 0.4) is 0 Å². The van der Waals surface area contributed by atoms with Crippen LogP contribution in [0.4, 0.5) is 0 Å². The molecular weight excluding hydrogens is 318 g/mol. The van der Waals surface area contributed by atoms with Gasteiger partial charge in [-0.2, -0.15) is 0 Å². The van der Waals surface area contributed by atoms with Gasteiger partial charge >= 0.3 is 8.80 Å². The van der Waals surface area contributed by atoms with Crippen molar-refractivity contribution in [1.29, 1.82) is 0 Å². The fourth-order valence-electron chi connectivity index (χ4n) is 3.37. The lowest BCUT2D eigenvalue weighted by Crippen LogP contribution is -2.51. The van der Waals surface area contributed by atoms with E-state index >= 15 is 0 Å². The predicted molar refractivity (Wildman–Crippen MR) is 100.0 cm³/mol. The van der Waals surface area contributed by atoms with E-state index < -0.39 is 8.80 Å². The Morgan fingerprint density at radius 3 is 2.54 bits per heavy atom. The van der Waals surface area contributed by atoms with Gasteiger partial charge in [0.1, 0.15) is 0 Å². The molecule has 0 bridgehead atoms. The molecule has 2 rings (SSSR count). The summed E-state index contributed by atoms with van der Waals surface area (Å²) in [6.07, 6.45) is 6.32. The molecule has 0 amide bonds. The molecule has 1 aliphatic heterocycles. The molecule has 1 unspecified atom stereocenters. The molecular formula is C19H33NO3Si. The summed E-state index contributed by atoms with van der Waals surface area (Å²) in [6, 6.07) is 11.6. The van der Waals surface area contributed by atoms with Gasteiger partial charge in [0.05, 0.1) is 6.61 Å². The number of hydrogen-bond acceptors (Lipinski definition) is 4. The molecule has 136 valence electrons. The fraction of sp³-hybridized carbons (Fsp3) is 0.684. The fourth-order valence-corrected chi connectivity index (χ4v) is 5.35. The van der Waals surface area contributed by atoms with E-state index in [4.69, 9.17) is 13.3 Å². The molecule has 0 aliphatic carbocycles. The first-order valence-corrected chi connectivity index (χ1v) is 11.2. The molecule has 1 heterocycles. The highest BCUT2D eigenvalue weighted by Gasteiger charge is 2.40. The van der Waals surface area contributed by atoms with Crippen LogP contribution in [-0.2, 0) is 19.3 Å². The maximum absolute atomic E-state index is 6.33. The highest BCUT2D eigenvalue weighted by Crippen LogP contribution is 2.21. The summed E-state index contributed by atoms with van der Waals surface area (Å²) >= 11 is 0. The average molecular weight is 352 g/mol. The summed E-state index contributed by atoms with van der Waals surface area (Å²) in [5.41, 5.74) is 1.21. The van der Waals surface area contributed by atoms with E-state index in [1.165, 1.54) is 50.8 Å². The van der Waals surface area contributed by atoms with Crippen molar-refractivity contribution in [3.63, 3.8) is 0 Å². The van der Waals surface area contributed by atoms with Crippen LogP contribution in [-0.4, -0.2) is 53.7 Å². The Kier molecular flexibility index (Phi) is 8.42. The molecule has 1 aliphatic rings. The number of unbranched alkanes of at least 4 members (excludes halogenated alkanes) is 1. The molecule has 1 aromatic carbocycles. The minimum absolute atomic E-state index is 0.498. The third-order valence-electron chi connectivity index (χ3n) is 4.93. The molecule has 1 aromatic rings. The van der Waals surface area contributed by atoms with Crippen LogP contribution in [0.25, 0.3) is 0 Å². The van der Waals surface area contributed by atoms with Crippen LogP contribution in [0.5, 0.6) is 0 Å². The van der Waals surface area contributed by atoms with Crippen LogP contribution in [0.1, 0.15) is 44.6 Å². The predicted octanol–water partition coefficient (Wildman–Crippen LogP) is 3.67. The van der Waals surface area contributed by atoms with Crippen molar-refractivity contribution in [2.24, 2.45) is 0 Å². The first-order valence-electron chi connectivity index (χ1n) is 9.25. The zero-order valence-corrected chi connectivity index (χ0v) is 16.5. The van der Waals surface area contributed by atoms with Crippen LogP contribution >= 0.6 is 0 Å². The number of nitrogens with zero attached hydrogens (tertiary/aromatic N) is 1. The van der Waals surface area contributed by atoms with E-state index in [0.29, 0.717) is 12.6 Å². The van der Waals surface area contributed by atoms with Crippen molar-refractivity contribution in [2.75, 3.05) is 33.9 Å². The first-order chi connectivity index (χ1) is 11.7. The van der Waals surface area contributed by atoms with Gasteiger partial charge < -0.3 is 13.3 Å². The Hall–Kier alpha value is -0.723. The summed E-state index contributed by atoms with van der Waals surface area (Å²) in [6.45, 7) is 5.34. The summed E-state index contributed by atoms with van der Waals surface area (Å²) in [4.78, 5) is 2.60. The lowest BCUT2D eigenvalue weighted by atomic mass is 10.0. The Morgan fingerprint density at radius 1 is 1.12 bits per heavy atom. The molecule has 0 saturated carbocycles. The van der Waals surface area contributed by atoms with Gasteiger partial charge in [0.15, 0.2) is 0 Å². The third-order valence-corrected chi connectivity index (χ3v) is 7.62. The van der Waals surface area contributed by atoms with E-state index in [1.807, 2.05) is 18.2 Å². The van der Waals surface area contributed by atoms with E-state index in [2.05, 4.69) is 24.0 Å². The number of benzene rings is 1. The normalized spacial score (nSPS) is 19.5. The van der Waals surface area contributed by atoms with Crippen LogP contribution < -0.4 is 0 Å². The average Bonchev–Trinajstić information content (AvgIpc) is 2.65. The standard InChI is InChI=1S/C19H33NO3Si/c1-4-5-14-20-15-10-9-13-19(20)16-23-24(21-2,22-3)17-18-11-7-6-8-12-18/h6-8,11-12,19H,4-5,9-10,13-17H2,1-3H3. The van der Waals surface area contributed by atoms with Crippen molar-refractivity contribution in [2.45, 2.75) is 51.1 Å². The Morgan fingerprint density at radius 2 is 1.88 bits per heavy atom. The van der Waals surface area contributed by atoms with E-state index in [1.54, 1.807) is 14.2 Å². The zero-order valence-electron chi connectivity index (χ0n) is 15.5. The maximum atomic E-state index is 6.33. The van der Waals surface area contributed by atoms with Crippen molar-refractivity contribution >= 4 is 8.80 Å². The van der Waals surface area contributed by atoms with Crippen LogP contribution in [0.2, 0.25) is 0 Å². The lowest BCUT2D eigenvalue weighted by Gasteiger charge is -2.37. The maximum Gasteiger partial charge on any atom is 0.505 e. The van der Waals surface area contributed by atoms with Gasteiger partial charge in [0, 0.05) is 26.3 Å². The van der Waals surface area contributed by atoms with Gasteiger partial charge in [0.25, 0.3) is 0 Å². The van der Waals surface area contributed by atoms with Crippen molar-refractivity contribution in [1.82, 2.24) is 4.90 Å². The molecule has 1 fully saturated rings. The van der Waals surface area contributed by atoms with Gasteiger partial charge in [0.2, 0.25) is 0 Å². The smallest absolute Gasteiger partial charge is 0.377 e. The third kappa shape index (κ3) is 5.67. The molecule has 0 radical (unpaired) electrons. The van der Waals surface area contributed by atoms with E-state index in [0.717, 1.165) is 6.04 Å². The molecule has 5 heteroatoms. The highest BCUT2D eigenvalue weighted by molar-refractivity contribution is 6.60. The van der Waals surface area contributed by atoms with E-state index in [-0.39, 0.29) is 0 Å². The monoisotopic (exact) mass is 351 g/mol. The van der Waals surface area contributed by atoms with Gasteiger partial charge in [-0.1, -0.05) is 50.1 Å². The van der Waals surface area contributed by atoms with Gasteiger partial charge in [-0.05, 0) is 37.9 Å². The van der Waals surface area contributed by atoms with Crippen LogP contribution in [0, 0.1) is 0 Å². The SMILES string of the molecule is CCCCN1CCCCC1CO[Si](Cc1ccccc1)(OC)OC. The van der Waals surface area contributed by atoms with Crippen molar-refractivity contribution in [3.8, 4) is 0 Å². The van der Waals surface area contributed by atoms with Gasteiger partial charge in [-0.3, -0.25) is 4.90 Å². The Labute approximate surface area is 148 Å². The van der Waals surface area contributed by atoms with Gasteiger partial charge in [-0.15, -0.1) is 0 Å². The number of likely N-dealkylation sites (tertiary alicyclic amines) is 1. The molecule has 24 heavy (non-hydrogen) atoms. The zero-order chi connectivity index (χ0) is 17.3. The molecule has 0 aromatic heterocycles. The summed E-state index contributed by atoms with van der Waals surface area (Å²) in [5, 5.41) is 0.